The molecule has 0 N–H and O–H groups in total. The highest BCUT2D eigenvalue weighted by Crippen LogP contribution is 1.96. The standard InChI is InChI=1S/C5H11N3O/c1-6-7-8-2-4-9-5-3-8/h2-5H2,1H3. The van der Waals surface area contributed by atoms with Crippen LogP contribution in [-0.4, -0.2) is 38.4 Å². The molecule has 0 bridgehead atoms. The SMILES string of the molecule is CN=NN1CCOCC1. The predicted molar refractivity (Wildman–Crippen MR) is 33.2 cm³/mol. The summed E-state index contributed by atoms with van der Waals surface area (Å²) in [5.41, 5.74) is 0. The van der Waals surface area contributed by atoms with E-state index in [0.29, 0.717) is 0 Å². The topological polar surface area (TPSA) is 37.2 Å². The number of nitrogens with zero attached hydrogens (tertiary/aromatic N) is 3. The third-order valence-corrected chi connectivity index (χ3v) is 1.20. The summed E-state index contributed by atoms with van der Waals surface area (Å²) in [6, 6.07) is 0. The van der Waals surface area contributed by atoms with E-state index in [1.54, 1.807) is 7.05 Å². The Morgan fingerprint density at radius 1 is 1.33 bits per heavy atom. The molecule has 0 aromatic carbocycles. The lowest BCUT2D eigenvalue weighted by Gasteiger charge is -2.21. The Morgan fingerprint density at radius 3 is 2.56 bits per heavy atom. The number of rotatable bonds is 1. The average molecular weight is 129 g/mol. The average Bonchev–Trinajstić information content (AvgIpc) is 1.91. The Morgan fingerprint density at radius 2 is 2.00 bits per heavy atom. The lowest BCUT2D eigenvalue weighted by atomic mass is 10.5. The number of morpholine rings is 1. The van der Waals surface area contributed by atoms with E-state index in [1.807, 2.05) is 5.01 Å². The van der Waals surface area contributed by atoms with E-state index >= 15 is 0 Å². The molecule has 1 rings (SSSR count). The fourth-order valence-electron chi connectivity index (χ4n) is 0.770. The number of hydrogen-bond acceptors (Lipinski definition) is 3. The highest BCUT2D eigenvalue weighted by molar-refractivity contribution is 4.53. The first-order valence-electron chi connectivity index (χ1n) is 3.06. The second-order valence-corrected chi connectivity index (χ2v) is 1.86. The van der Waals surface area contributed by atoms with Gasteiger partial charge in [-0.05, 0) is 0 Å². The Bertz CT molecular complexity index is 98.4. The van der Waals surface area contributed by atoms with Gasteiger partial charge in [-0.2, -0.15) is 5.11 Å². The Balaban J connectivity index is 2.23. The Kier molecular flexibility index (Phi) is 2.45. The normalized spacial score (nSPS) is 21.2. The van der Waals surface area contributed by atoms with Crippen molar-refractivity contribution in [3.05, 3.63) is 0 Å². The molecule has 0 saturated carbocycles. The highest BCUT2D eigenvalue weighted by atomic mass is 16.5. The van der Waals surface area contributed by atoms with Crippen LogP contribution in [0.25, 0.3) is 0 Å². The van der Waals surface area contributed by atoms with Crippen molar-refractivity contribution in [2.45, 2.75) is 0 Å². The molecular weight excluding hydrogens is 118 g/mol. The van der Waals surface area contributed by atoms with E-state index in [1.165, 1.54) is 0 Å². The van der Waals surface area contributed by atoms with E-state index in [9.17, 15) is 0 Å². The van der Waals surface area contributed by atoms with Gasteiger partial charge in [-0.25, -0.2) is 0 Å². The molecule has 0 radical (unpaired) electrons. The minimum Gasteiger partial charge on any atom is -0.378 e. The van der Waals surface area contributed by atoms with E-state index in [2.05, 4.69) is 10.3 Å². The lowest BCUT2D eigenvalue weighted by Crippen LogP contribution is -2.31. The van der Waals surface area contributed by atoms with Crippen LogP contribution in [0.3, 0.4) is 0 Å². The fourth-order valence-corrected chi connectivity index (χ4v) is 0.770. The van der Waals surface area contributed by atoms with Gasteiger partial charge in [0.15, 0.2) is 0 Å². The van der Waals surface area contributed by atoms with Crippen LogP contribution in [-0.2, 0) is 4.74 Å². The minimum atomic E-state index is 0.777. The predicted octanol–water partition coefficient (Wildman–Crippen LogP) is 0.316. The third kappa shape index (κ3) is 1.97. The lowest BCUT2D eigenvalue weighted by molar-refractivity contribution is 0.0350. The zero-order valence-electron chi connectivity index (χ0n) is 5.58. The monoisotopic (exact) mass is 129 g/mol. The van der Waals surface area contributed by atoms with Gasteiger partial charge in [0.05, 0.1) is 33.4 Å². The molecule has 9 heavy (non-hydrogen) atoms. The largest absolute Gasteiger partial charge is 0.378 e. The molecule has 1 fully saturated rings. The molecule has 1 aliphatic heterocycles. The van der Waals surface area contributed by atoms with Gasteiger partial charge in [0.2, 0.25) is 0 Å². The zero-order valence-corrected chi connectivity index (χ0v) is 5.58. The summed E-state index contributed by atoms with van der Waals surface area (Å²) in [4.78, 5) is 0. The summed E-state index contributed by atoms with van der Waals surface area (Å²) in [5, 5.41) is 9.42. The summed E-state index contributed by atoms with van der Waals surface area (Å²) in [5.74, 6) is 0. The summed E-state index contributed by atoms with van der Waals surface area (Å²) in [6.45, 7) is 3.30. The highest BCUT2D eigenvalue weighted by Gasteiger charge is 2.05. The third-order valence-electron chi connectivity index (χ3n) is 1.20. The summed E-state index contributed by atoms with van der Waals surface area (Å²) in [6.07, 6.45) is 0. The van der Waals surface area contributed by atoms with E-state index in [4.69, 9.17) is 4.74 Å². The van der Waals surface area contributed by atoms with Crippen molar-refractivity contribution in [3.8, 4) is 0 Å². The maximum atomic E-state index is 5.10. The van der Waals surface area contributed by atoms with Crippen molar-refractivity contribution in [1.82, 2.24) is 5.01 Å². The first-order valence-corrected chi connectivity index (χ1v) is 3.06. The van der Waals surface area contributed by atoms with Gasteiger partial charge < -0.3 is 4.74 Å². The van der Waals surface area contributed by atoms with E-state index in [-0.39, 0.29) is 0 Å². The first kappa shape index (κ1) is 6.48. The molecule has 1 heterocycles. The maximum absolute atomic E-state index is 5.10. The van der Waals surface area contributed by atoms with Crippen molar-refractivity contribution in [2.75, 3.05) is 33.4 Å². The Hall–Kier alpha value is -0.640. The van der Waals surface area contributed by atoms with Gasteiger partial charge in [0, 0.05) is 0 Å². The van der Waals surface area contributed by atoms with Gasteiger partial charge in [0.1, 0.15) is 0 Å². The van der Waals surface area contributed by atoms with Crippen LogP contribution in [0, 0.1) is 0 Å². The second-order valence-electron chi connectivity index (χ2n) is 1.86. The second kappa shape index (κ2) is 3.40. The van der Waals surface area contributed by atoms with Gasteiger partial charge in [-0.1, -0.05) is 5.22 Å². The van der Waals surface area contributed by atoms with Crippen LogP contribution in [0.15, 0.2) is 10.3 Å². The van der Waals surface area contributed by atoms with E-state index in [0.717, 1.165) is 26.3 Å². The minimum absolute atomic E-state index is 0.777. The van der Waals surface area contributed by atoms with Crippen LogP contribution in [0.1, 0.15) is 0 Å². The molecule has 52 valence electrons. The van der Waals surface area contributed by atoms with Gasteiger partial charge in [0.25, 0.3) is 0 Å². The number of hydrogen-bond donors (Lipinski definition) is 0. The van der Waals surface area contributed by atoms with Crippen LogP contribution in [0.5, 0.6) is 0 Å². The summed E-state index contributed by atoms with van der Waals surface area (Å²) in [7, 11) is 1.68. The summed E-state index contributed by atoms with van der Waals surface area (Å²) < 4.78 is 5.10. The molecular formula is C5H11N3O. The molecule has 0 aliphatic carbocycles. The summed E-state index contributed by atoms with van der Waals surface area (Å²) >= 11 is 0. The number of ether oxygens (including phenoxy) is 1. The van der Waals surface area contributed by atoms with Crippen LogP contribution in [0.2, 0.25) is 0 Å². The van der Waals surface area contributed by atoms with Crippen LogP contribution < -0.4 is 0 Å². The molecule has 4 nitrogen and oxygen atoms in total. The molecule has 0 atom stereocenters. The van der Waals surface area contributed by atoms with Crippen molar-refractivity contribution in [3.63, 3.8) is 0 Å². The molecule has 0 aromatic rings. The van der Waals surface area contributed by atoms with Crippen molar-refractivity contribution < 1.29 is 4.74 Å². The van der Waals surface area contributed by atoms with Crippen molar-refractivity contribution >= 4 is 0 Å². The van der Waals surface area contributed by atoms with E-state index < -0.39 is 0 Å². The fraction of sp³-hybridized carbons (Fsp3) is 1.00. The molecule has 1 saturated heterocycles. The smallest absolute Gasteiger partial charge is 0.0660 e. The molecule has 0 unspecified atom stereocenters. The van der Waals surface area contributed by atoms with Crippen LogP contribution >= 0.6 is 0 Å². The maximum Gasteiger partial charge on any atom is 0.0660 e. The quantitative estimate of drug-likeness (QED) is 0.478. The van der Waals surface area contributed by atoms with Crippen LogP contribution in [0.4, 0.5) is 0 Å². The molecule has 4 heteroatoms. The zero-order chi connectivity index (χ0) is 6.53. The molecule has 0 spiro atoms. The molecule has 0 aromatic heterocycles. The van der Waals surface area contributed by atoms with Crippen molar-refractivity contribution in [1.29, 1.82) is 0 Å². The molecule has 1 aliphatic rings. The van der Waals surface area contributed by atoms with Crippen molar-refractivity contribution in [2.24, 2.45) is 10.3 Å². The molecule has 0 amide bonds. The van der Waals surface area contributed by atoms with Gasteiger partial charge in [-0.3, -0.25) is 5.01 Å². The van der Waals surface area contributed by atoms with Gasteiger partial charge in [-0.15, -0.1) is 0 Å². The Labute approximate surface area is 54.5 Å². The van der Waals surface area contributed by atoms with Gasteiger partial charge >= 0.3 is 0 Å². The first-order chi connectivity index (χ1) is 4.43.